The van der Waals surface area contributed by atoms with Crippen LogP contribution in [0.1, 0.15) is 20.3 Å². The van der Waals surface area contributed by atoms with Gasteiger partial charge in [0.15, 0.2) is 0 Å². The van der Waals surface area contributed by atoms with Crippen molar-refractivity contribution >= 4 is 17.1 Å². The number of nitro groups is 1. The lowest BCUT2D eigenvalue weighted by Gasteiger charge is -2.20. The second-order valence-electron chi connectivity index (χ2n) is 5.15. The second-order valence-corrected chi connectivity index (χ2v) is 5.15. The summed E-state index contributed by atoms with van der Waals surface area (Å²) < 4.78 is 0. The Morgan fingerprint density at radius 2 is 1.85 bits per heavy atom. The normalized spacial score (nSPS) is 12.2. The second kappa shape index (κ2) is 7.69. The summed E-state index contributed by atoms with van der Waals surface area (Å²) in [7, 11) is 4.02. The largest absolute Gasteiger partial charge is 0.385 e. The van der Waals surface area contributed by atoms with Gasteiger partial charge in [-0.25, -0.2) is 0 Å². The maximum atomic E-state index is 11.0. The van der Waals surface area contributed by atoms with E-state index in [1.165, 1.54) is 0 Å². The Bertz CT molecular complexity index is 449. The maximum Gasteiger partial charge on any atom is 0.273 e. The summed E-state index contributed by atoms with van der Waals surface area (Å²) in [5.41, 5.74) is 1.65. The van der Waals surface area contributed by atoms with E-state index in [0.29, 0.717) is 6.04 Å². The van der Waals surface area contributed by atoms with Gasteiger partial charge in [0.25, 0.3) is 5.69 Å². The van der Waals surface area contributed by atoms with Crippen LogP contribution in [-0.2, 0) is 0 Å². The van der Waals surface area contributed by atoms with E-state index in [9.17, 15) is 10.1 Å². The van der Waals surface area contributed by atoms with E-state index in [0.717, 1.165) is 30.9 Å². The molecule has 0 bridgehead atoms. The Kier molecular flexibility index (Phi) is 6.24. The van der Waals surface area contributed by atoms with Crippen molar-refractivity contribution in [1.82, 2.24) is 4.90 Å². The fraction of sp³-hybridized carbons (Fsp3) is 0.571. The molecule has 2 N–H and O–H groups in total. The number of non-ortho nitro benzene ring substituents is 1. The number of nitro benzene ring substituents is 1. The van der Waals surface area contributed by atoms with Crippen molar-refractivity contribution in [2.45, 2.75) is 26.3 Å². The molecule has 1 atom stereocenters. The first-order valence-electron chi connectivity index (χ1n) is 6.87. The van der Waals surface area contributed by atoms with E-state index in [-0.39, 0.29) is 10.6 Å². The molecular formula is C14H24N4O2. The third-order valence-corrected chi connectivity index (χ3v) is 3.19. The summed E-state index contributed by atoms with van der Waals surface area (Å²) in [6.45, 7) is 5.69. The molecule has 0 fully saturated rings. The molecule has 0 aliphatic heterocycles. The Morgan fingerprint density at radius 1 is 1.25 bits per heavy atom. The molecule has 0 aliphatic rings. The monoisotopic (exact) mass is 280 g/mol. The first kappa shape index (κ1) is 16.2. The van der Waals surface area contributed by atoms with E-state index in [2.05, 4.69) is 29.4 Å². The highest BCUT2D eigenvalue weighted by molar-refractivity contribution is 5.63. The van der Waals surface area contributed by atoms with Crippen molar-refractivity contribution in [3.63, 3.8) is 0 Å². The van der Waals surface area contributed by atoms with Gasteiger partial charge in [-0.2, -0.15) is 0 Å². The van der Waals surface area contributed by atoms with Gasteiger partial charge in [-0.1, -0.05) is 6.92 Å². The van der Waals surface area contributed by atoms with Crippen molar-refractivity contribution in [2.75, 3.05) is 37.8 Å². The number of likely N-dealkylation sites (N-methyl/N-ethyl adjacent to an activating group) is 1. The van der Waals surface area contributed by atoms with Gasteiger partial charge >= 0.3 is 0 Å². The van der Waals surface area contributed by atoms with Crippen LogP contribution in [0.25, 0.3) is 0 Å². The summed E-state index contributed by atoms with van der Waals surface area (Å²) in [6, 6.07) is 5.39. The summed E-state index contributed by atoms with van der Waals surface area (Å²) in [6.07, 6.45) is 0.975. The predicted molar refractivity (Wildman–Crippen MR) is 83.5 cm³/mol. The summed E-state index contributed by atoms with van der Waals surface area (Å²) in [4.78, 5) is 12.7. The van der Waals surface area contributed by atoms with Crippen LogP contribution in [-0.4, -0.2) is 43.0 Å². The molecule has 6 nitrogen and oxygen atoms in total. The molecule has 0 radical (unpaired) electrons. The van der Waals surface area contributed by atoms with E-state index >= 15 is 0 Å². The van der Waals surface area contributed by atoms with Crippen LogP contribution in [0.5, 0.6) is 0 Å². The molecule has 6 heteroatoms. The van der Waals surface area contributed by atoms with Crippen LogP contribution in [0.2, 0.25) is 0 Å². The zero-order valence-corrected chi connectivity index (χ0v) is 12.6. The van der Waals surface area contributed by atoms with Crippen LogP contribution in [0.4, 0.5) is 17.1 Å². The SMILES string of the molecule is CCCNc1cc(NCC(C)N(C)C)cc([N+](=O)[O-])c1. The Hall–Kier alpha value is -1.82. The van der Waals surface area contributed by atoms with Gasteiger partial charge < -0.3 is 15.5 Å². The molecule has 1 rings (SSSR count). The third kappa shape index (κ3) is 5.05. The van der Waals surface area contributed by atoms with Crippen LogP contribution in [0.3, 0.4) is 0 Å². The lowest BCUT2D eigenvalue weighted by Crippen LogP contribution is -2.31. The predicted octanol–water partition coefficient (Wildman–Crippen LogP) is 2.78. The number of hydrogen-bond acceptors (Lipinski definition) is 5. The molecule has 0 saturated carbocycles. The van der Waals surface area contributed by atoms with Crippen molar-refractivity contribution in [2.24, 2.45) is 0 Å². The zero-order chi connectivity index (χ0) is 15.1. The van der Waals surface area contributed by atoms with Gasteiger partial charge in [0.2, 0.25) is 0 Å². The van der Waals surface area contributed by atoms with Crippen LogP contribution >= 0.6 is 0 Å². The Morgan fingerprint density at radius 3 is 2.35 bits per heavy atom. The molecule has 1 aromatic rings. The fourth-order valence-corrected chi connectivity index (χ4v) is 1.64. The third-order valence-electron chi connectivity index (χ3n) is 3.19. The minimum atomic E-state index is -0.363. The lowest BCUT2D eigenvalue weighted by molar-refractivity contribution is -0.384. The smallest absolute Gasteiger partial charge is 0.273 e. The summed E-state index contributed by atoms with van der Waals surface area (Å²) >= 11 is 0. The molecular weight excluding hydrogens is 256 g/mol. The van der Waals surface area contributed by atoms with Gasteiger partial charge in [-0.05, 0) is 33.5 Å². The van der Waals surface area contributed by atoms with Crippen molar-refractivity contribution in [1.29, 1.82) is 0 Å². The molecule has 0 saturated heterocycles. The first-order chi connectivity index (χ1) is 9.43. The van der Waals surface area contributed by atoms with Crippen molar-refractivity contribution < 1.29 is 4.92 Å². The molecule has 0 aliphatic carbocycles. The average Bonchev–Trinajstić information content (AvgIpc) is 2.42. The quantitative estimate of drug-likeness (QED) is 0.566. The topological polar surface area (TPSA) is 70.4 Å². The lowest BCUT2D eigenvalue weighted by atomic mass is 10.2. The average molecular weight is 280 g/mol. The van der Waals surface area contributed by atoms with Crippen LogP contribution in [0.15, 0.2) is 18.2 Å². The number of nitrogens with zero attached hydrogens (tertiary/aromatic N) is 2. The molecule has 1 aromatic carbocycles. The van der Waals surface area contributed by atoms with E-state index in [1.54, 1.807) is 12.1 Å². The number of benzene rings is 1. The minimum Gasteiger partial charge on any atom is -0.385 e. The van der Waals surface area contributed by atoms with Gasteiger partial charge in [0.1, 0.15) is 0 Å². The highest BCUT2D eigenvalue weighted by Crippen LogP contribution is 2.24. The Balaban J connectivity index is 2.82. The van der Waals surface area contributed by atoms with Gasteiger partial charge in [0, 0.05) is 42.6 Å². The van der Waals surface area contributed by atoms with E-state index in [4.69, 9.17) is 0 Å². The molecule has 0 heterocycles. The zero-order valence-electron chi connectivity index (χ0n) is 12.6. The molecule has 1 unspecified atom stereocenters. The summed E-state index contributed by atoms with van der Waals surface area (Å²) in [5.74, 6) is 0. The standard InChI is InChI=1S/C14H24N4O2/c1-5-6-15-12-7-13(9-14(8-12)18(19)20)16-10-11(2)17(3)4/h7-9,11,15-16H,5-6,10H2,1-4H3. The number of hydrogen-bond donors (Lipinski definition) is 2. The molecule has 0 aromatic heterocycles. The van der Waals surface area contributed by atoms with E-state index in [1.807, 2.05) is 20.2 Å². The molecule has 0 amide bonds. The number of nitrogens with one attached hydrogen (secondary N) is 2. The maximum absolute atomic E-state index is 11.0. The minimum absolute atomic E-state index is 0.103. The molecule has 112 valence electrons. The highest BCUT2D eigenvalue weighted by atomic mass is 16.6. The molecule has 0 spiro atoms. The van der Waals surface area contributed by atoms with Gasteiger partial charge in [0.05, 0.1) is 4.92 Å². The van der Waals surface area contributed by atoms with Gasteiger partial charge in [-0.15, -0.1) is 0 Å². The first-order valence-corrected chi connectivity index (χ1v) is 6.87. The fourth-order valence-electron chi connectivity index (χ4n) is 1.64. The van der Waals surface area contributed by atoms with Crippen LogP contribution in [0, 0.1) is 10.1 Å². The van der Waals surface area contributed by atoms with Crippen LogP contribution < -0.4 is 10.6 Å². The molecule has 20 heavy (non-hydrogen) atoms. The summed E-state index contributed by atoms with van der Waals surface area (Å²) in [5, 5.41) is 17.4. The van der Waals surface area contributed by atoms with Crippen molar-refractivity contribution in [3.05, 3.63) is 28.3 Å². The highest BCUT2D eigenvalue weighted by Gasteiger charge is 2.11. The van der Waals surface area contributed by atoms with Crippen molar-refractivity contribution in [3.8, 4) is 0 Å². The Labute approximate surface area is 120 Å². The number of rotatable bonds is 8. The van der Waals surface area contributed by atoms with Gasteiger partial charge in [-0.3, -0.25) is 10.1 Å². The van der Waals surface area contributed by atoms with E-state index < -0.39 is 0 Å². The number of anilines is 2.